The molecule has 2 aromatic heterocycles. The third-order valence-electron chi connectivity index (χ3n) is 4.82. The number of aryl methyl sites for hydroxylation is 1. The van der Waals surface area contributed by atoms with Gasteiger partial charge in [-0.05, 0) is 24.6 Å². The average Bonchev–Trinajstić information content (AvgIpc) is 3.36. The first-order chi connectivity index (χ1) is 14.7. The normalized spacial score (nSPS) is 11.1. The second-order valence-electron chi connectivity index (χ2n) is 6.85. The number of hydrogen-bond acceptors (Lipinski definition) is 5. The molecule has 154 valence electrons. The Morgan fingerprint density at radius 3 is 2.80 bits per heavy atom. The Labute approximate surface area is 178 Å². The average molecular weight is 422 g/mol. The summed E-state index contributed by atoms with van der Waals surface area (Å²) < 4.78 is 7.28. The Balaban J connectivity index is 1.55. The van der Waals surface area contributed by atoms with E-state index in [1.165, 1.54) is 11.8 Å². The summed E-state index contributed by atoms with van der Waals surface area (Å²) in [4.78, 5) is 15.7. The molecule has 30 heavy (non-hydrogen) atoms. The van der Waals surface area contributed by atoms with Crippen LogP contribution in [0, 0.1) is 6.92 Å². The van der Waals surface area contributed by atoms with Crippen LogP contribution in [0.15, 0.2) is 59.9 Å². The highest BCUT2D eigenvalue weighted by Crippen LogP contribution is 2.30. The van der Waals surface area contributed by atoms with Crippen molar-refractivity contribution in [3.05, 3.63) is 60.3 Å². The predicted molar refractivity (Wildman–Crippen MR) is 120 cm³/mol. The molecule has 0 spiro atoms. The van der Waals surface area contributed by atoms with Crippen molar-refractivity contribution in [3.63, 3.8) is 0 Å². The number of carbonyl (C=O) groups is 1. The number of thioether (sulfide) groups is 1. The fraction of sp³-hybridized carbons (Fsp3) is 0.227. The van der Waals surface area contributed by atoms with E-state index < -0.39 is 0 Å². The molecule has 0 aliphatic carbocycles. The van der Waals surface area contributed by atoms with E-state index in [-0.39, 0.29) is 11.7 Å². The van der Waals surface area contributed by atoms with Gasteiger partial charge in [0.1, 0.15) is 0 Å². The van der Waals surface area contributed by atoms with Crippen LogP contribution in [0.4, 0.5) is 5.69 Å². The van der Waals surface area contributed by atoms with Crippen LogP contribution in [0.1, 0.15) is 5.56 Å². The van der Waals surface area contributed by atoms with Gasteiger partial charge in [0, 0.05) is 35.5 Å². The first-order valence-electron chi connectivity index (χ1n) is 9.64. The highest BCUT2D eigenvalue weighted by Gasteiger charge is 2.18. The number of amides is 1. The van der Waals surface area contributed by atoms with Crippen LogP contribution in [0.2, 0.25) is 0 Å². The van der Waals surface area contributed by atoms with Gasteiger partial charge in [-0.25, -0.2) is 0 Å². The molecular weight excluding hydrogens is 398 g/mol. The summed E-state index contributed by atoms with van der Waals surface area (Å²) in [6.07, 6.45) is 1.94. The van der Waals surface area contributed by atoms with Crippen LogP contribution < -0.4 is 5.32 Å². The summed E-state index contributed by atoms with van der Waals surface area (Å²) in [5.41, 5.74) is 3.87. The zero-order valence-corrected chi connectivity index (χ0v) is 17.7. The first-order valence-corrected chi connectivity index (χ1v) is 10.6. The standard InChI is InChI=1S/C22H23N5O2S/c1-15-7-3-5-9-18(15)24-20(28)14-30-22-26-25-21(27(22)11-12-29-2)17-13-23-19-10-6-4-8-16(17)19/h3-10,13,23H,11-12,14H2,1-2H3,(H,24,28). The Bertz CT molecular complexity index is 1170. The number of para-hydroxylation sites is 2. The maximum atomic E-state index is 12.5. The summed E-state index contributed by atoms with van der Waals surface area (Å²) in [7, 11) is 1.66. The van der Waals surface area contributed by atoms with Gasteiger partial charge in [0.15, 0.2) is 11.0 Å². The highest BCUT2D eigenvalue weighted by molar-refractivity contribution is 7.99. The number of nitrogens with one attached hydrogen (secondary N) is 2. The number of benzene rings is 2. The van der Waals surface area contributed by atoms with E-state index in [0.717, 1.165) is 33.5 Å². The van der Waals surface area contributed by atoms with Gasteiger partial charge in [-0.3, -0.25) is 9.36 Å². The van der Waals surface area contributed by atoms with E-state index in [1.54, 1.807) is 7.11 Å². The number of hydrogen-bond donors (Lipinski definition) is 2. The molecule has 2 aromatic carbocycles. The van der Waals surface area contributed by atoms with Gasteiger partial charge in [-0.15, -0.1) is 10.2 Å². The van der Waals surface area contributed by atoms with Crippen molar-refractivity contribution in [2.75, 3.05) is 24.8 Å². The molecule has 2 N–H and O–H groups in total. The van der Waals surface area contributed by atoms with Crippen molar-refractivity contribution in [3.8, 4) is 11.4 Å². The number of anilines is 1. The van der Waals surface area contributed by atoms with Gasteiger partial charge in [-0.1, -0.05) is 48.2 Å². The number of carbonyl (C=O) groups excluding carboxylic acids is 1. The Kier molecular flexibility index (Phi) is 6.15. The van der Waals surface area contributed by atoms with E-state index in [2.05, 4.69) is 26.6 Å². The van der Waals surface area contributed by atoms with Crippen LogP contribution in [-0.2, 0) is 16.1 Å². The van der Waals surface area contributed by atoms with E-state index >= 15 is 0 Å². The largest absolute Gasteiger partial charge is 0.383 e. The lowest BCUT2D eigenvalue weighted by Crippen LogP contribution is -2.15. The molecule has 0 aliphatic rings. The fourth-order valence-corrected chi connectivity index (χ4v) is 4.03. The Morgan fingerprint density at radius 2 is 1.97 bits per heavy atom. The van der Waals surface area contributed by atoms with Crippen LogP contribution in [0.25, 0.3) is 22.3 Å². The topological polar surface area (TPSA) is 84.8 Å². The molecule has 0 unspecified atom stereocenters. The molecule has 0 saturated carbocycles. The molecule has 0 bridgehead atoms. The SMILES string of the molecule is COCCn1c(SCC(=O)Nc2ccccc2C)nnc1-c1c[nH]c2ccccc12. The van der Waals surface area contributed by atoms with Gasteiger partial charge in [0.05, 0.1) is 18.9 Å². The monoisotopic (exact) mass is 421 g/mol. The Morgan fingerprint density at radius 1 is 1.17 bits per heavy atom. The highest BCUT2D eigenvalue weighted by atomic mass is 32.2. The minimum absolute atomic E-state index is 0.0794. The lowest BCUT2D eigenvalue weighted by Gasteiger charge is -2.10. The van der Waals surface area contributed by atoms with E-state index in [9.17, 15) is 4.79 Å². The van der Waals surface area contributed by atoms with Gasteiger partial charge in [0.2, 0.25) is 5.91 Å². The number of nitrogens with zero attached hydrogens (tertiary/aromatic N) is 3. The van der Waals surface area contributed by atoms with Crippen molar-refractivity contribution < 1.29 is 9.53 Å². The number of rotatable bonds is 8. The van der Waals surface area contributed by atoms with Gasteiger partial charge in [-0.2, -0.15) is 0 Å². The molecule has 0 radical (unpaired) electrons. The van der Waals surface area contributed by atoms with Crippen molar-refractivity contribution in [2.24, 2.45) is 0 Å². The zero-order valence-electron chi connectivity index (χ0n) is 16.9. The number of H-pyrrole nitrogens is 1. The molecule has 4 rings (SSSR count). The van der Waals surface area contributed by atoms with E-state index in [0.29, 0.717) is 18.3 Å². The molecule has 0 saturated heterocycles. The summed E-state index contributed by atoms with van der Waals surface area (Å²) >= 11 is 1.37. The van der Waals surface area contributed by atoms with Crippen molar-refractivity contribution in [2.45, 2.75) is 18.6 Å². The Hall–Kier alpha value is -3.10. The number of fused-ring (bicyclic) bond motifs is 1. The first kappa shape index (κ1) is 20.2. The molecule has 2 heterocycles. The molecule has 0 aliphatic heterocycles. The molecular formula is C22H23N5O2S. The molecule has 0 atom stereocenters. The minimum Gasteiger partial charge on any atom is -0.383 e. The predicted octanol–water partition coefficient (Wildman–Crippen LogP) is 4.11. The smallest absolute Gasteiger partial charge is 0.234 e. The van der Waals surface area contributed by atoms with Crippen LogP contribution in [0.5, 0.6) is 0 Å². The maximum absolute atomic E-state index is 12.5. The molecule has 1 amide bonds. The number of methoxy groups -OCH3 is 1. The lowest BCUT2D eigenvalue weighted by molar-refractivity contribution is -0.113. The van der Waals surface area contributed by atoms with E-state index in [1.807, 2.05) is 60.2 Å². The molecule has 7 nitrogen and oxygen atoms in total. The molecule has 0 fully saturated rings. The zero-order chi connectivity index (χ0) is 20.9. The van der Waals surface area contributed by atoms with Crippen molar-refractivity contribution >= 4 is 34.3 Å². The summed E-state index contributed by atoms with van der Waals surface area (Å²) in [6.45, 7) is 3.09. The second-order valence-corrected chi connectivity index (χ2v) is 7.79. The van der Waals surface area contributed by atoms with Crippen LogP contribution >= 0.6 is 11.8 Å². The summed E-state index contributed by atoms with van der Waals surface area (Å²) in [6, 6.07) is 15.8. The van der Waals surface area contributed by atoms with Crippen molar-refractivity contribution in [1.29, 1.82) is 0 Å². The van der Waals surface area contributed by atoms with Crippen LogP contribution in [-0.4, -0.2) is 45.1 Å². The summed E-state index contributed by atoms with van der Waals surface area (Å²) in [5, 5.41) is 13.5. The quantitative estimate of drug-likeness (QED) is 0.418. The summed E-state index contributed by atoms with van der Waals surface area (Å²) in [5.74, 6) is 0.920. The van der Waals surface area contributed by atoms with Crippen molar-refractivity contribution in [1.82, 2.24) is 19.7 Å². The van der Waals surface area contributed by atoms with Gasteiger partial charge < -0.3 is 15.0 Å². The molecule has 8 heteroatoms. The number of ether oxygens (including phenoxy) is 1. The maximum Gasteiger partial charge on any atom is 0.234 e. The molecule has 4 aromatic rings. The van der Waals surface area contributed by atoms with Crippen LogP contribution in [0.3, 0.4) is 0 Å². The van der Waals surface area contributed by atoms with E-state index in [4.69, 9.17) is 4.74 Å². The third kappa shape index (κ3) is 4.24. The number of aromatic amines is 1. The number of aromatic nitrogens is 4. The lowest BCUT2D eigenvalue weighted by atomic mass is 10.1. The minimum atomic E-state index is -0.0794. The van der Waals surface area contributed by atoms with Gasteiger partial charge >= 0.3 is 0 Å². The second kappa shape index (κ2) is 9.15. The fourth-order valence-electron chi connectivity index (χ4n) is 3.26. The third-order valence-corrected chi connectivity index (χ3v) is 5.78. The van der Waals surface area contributed by atoms with Gasteiger partial charge in [0.25, 0.3) is 0 Å².